The van der Waals surface area contributed by atoms with Crippen LogP contribution in [0.1, 0.15) is 101 Å². The van der Waals surface area contributed by atoms with Crippen molar-refractivity contribution < 1.29 is 35.1 Å². The third kappa shape index (κ3) is 10.2. The summed E-state index contributed by atoms with van der Waals surface area (Å²) in [5.74, 6) is -0.254. The van der Waals surface area contributed by atoms with Crippen molar-refractivity contribution in [1.29, 1.82) is 0 Å². The number of amides is 1. The number of carbonyl (C=O) groups excluding carboxylic acids is 1. The van der Waals surface area contributed by atoms with Gasteiger partial charge in [-0.1, -0.05) is 69.2 Å². The Morgan fingerprint density at radius 2 is 1.56 bits per heavy atom. The summed E-state index contributed by atoms with van der Waals surface area (Å²) in [5.41, 5.74) is -1.23. The Hall–Kier alpha value is -0.770. The van der Waals surface area contributed by atoms with Gasteiger partial charge in [-0.2, -0.15) is 0 Å². The molecule has 0 radical (unpaired) electrons. The molecular weight excluding hydrogens is 462 g/mol. The van der Waals surface area contributed by atoms with Crippen LogP contribution in [0.5, 0.6) is 0 Å². The minimum absolute atomic E-state index is 0.0426. The van der Waals surface area contributed by atoms with Gasteiger partial charge in [-0.25, -0.2) is 0 Å². The van der Waals surface area contributed by atoms with Gasteiger partial charge in [0.25, 0.3) is 0 Å². The second-order valence-electron chi connectivity index (χ2n) is 14.5. The molecule has 0 aromatic carbocycles. The van der Waals surface area contributed by atoms with Gasteiger partial charge in [0.05, 0.1) is 31.0 Å². The van der Waals surface area contributed by atoms with Gasteiger partial charge in [-0.15, -0.1) is 0 Å². The molecule has 0 saturated heterocycles. The SMILES string of the molecule is CCC(C)(C)C(O)C(O)C(COC1CC(C)(C)CC(O)C(O)C1O)NC(=O)CC(C)(C)CC(C)(C)C. The van der Waals surface area contributed by atoms with E-state index in [1.807, 2.05) is 48.5 Å². The molecule has 214 valence electrons. The van der Waals surface area contributed by atoms with Crippen LogP contribution in [0.2, 0.25) is 0 Å². The predicted octanol–water partition coefficient (Wildman–Crippen LogP) is 2.77. The monoisotopic (exact) mass is 517 g/mol. The zero-order valence-corrected chi connectivity index (χ0v) is 24.3. The van der Waals surface area contributed by atoms with Crippen LogP contribution in [0.15, 0.2) is 0 Å². The molecule has 36 heavy (non-hydrogen) atoms. The minimum Gasteiger partial charge on any atom is -0.390 e. The van der Waals surface area contributed by atoms with E-state index in [1.165, 1.54) is 0 Å². The Balaban J connectivity index is 3.10. The fraction of sp³-hybridized carbons (Fsp3) is 0.964. The predicted molar refractivity (Wildman–Crippen MR) is 141 cm³/mol. The van der Waals surface area contributed by atoms with Crippen molar-refractivity contribution >= 4 is 5.91 Å². The van der Waals surface area contributed by atoms with Crippen LogP contribution in [-0.2, 0) is 9.53 Å². The number of nitrogens with one attached hydrogen (secondary N) is 1. The summed E-state index contributed by atoms with van der Waals surface area (Å²) in [7, 11) is 0. The quantitative estimate of drug-likeness (QED) is 0.232. The molecule has 1 amide bonds. The topological polar surface area (TPSA) is 139 Å². The average molecular weight is 518 g/mol. The number of carbonyl (C=O) groups is 1. The van der Waals surface area contributed by atoms with Crippen LogP contribution in [0.3, 0.4) is 0 Å². The molecule has 1 rings (SSSR count). The molecule has 1 saturated carbocycles. The van der Waals surface area contributed by atoms with Crippen LogP contribution in [0, 0.1) is 21.7 Å². The van der Waals surface area contributed by atoms with Crippen molar-refractivity contribution in [3.05, 3.63) is 0 Å². The van der Waals surface area contributed by atoms with E-state index in [4.69, 9.17) is 4.74 Å². The highest BCUT2D eigenvalue weighted by Gasteiger charge is 2.43. The maximum absolute atomic E-state index is 13.1. The fourth-order valence-corrected chi connectivity index (χ4v) is 5.58. The first-order valence-corrected chi connectivity index (χ1v) is 13.4. The number of hydrogen-bond acceptors (Lipinski definition) is 7. The molecule has 7 unspecified atom stereocenters. The number of ether oxygens (including phenoxy) is 1. The Kier molecular flexibility index (Phi) is 11.4. The van der Waals surface area contributed by atoms with Gasteiger partial charge >= 0.3 is 0 Å². The summed E-state index contributed by atoms with van der Waals surface area (Å²) in [6.45, 7) is 19.8. The Labute approximate surface area is 218 Å². The molecular formula is C28H55NO7. The van der Waals surface area contributed by atoms with E-state index in [0.717, 1.165) is 6.42 Å². The van der Waals surface area contributed by atoms with E-state index < -0.39 is 53.5 Å². The van der Waals surface area contributed by atoms with Crippen molar-refractivity contribution in [2.45, 2.75) is 144 Å². The molecule has 7 atom stereocenters. The lowest BCUT2D eigenvalue weighted by atomic mass is 9.74. The molecule has 0 aliphatic heterocycles. The highest BCUT2D eigenvalue weighted by molar-refractivity contribution is 5.77. The van der Waals surface area contributed by atoms with E-state index in [0.29, 0.717) is 19.3 Å². The van der Waals surface area contributed by atoms with Crippen LogP contribution >= 0.6 is 0 Å². The first-order chi connectivity index (χ1) is 16.1. The summed E-state index contributed by atoms with van der Waals surface area (Å²) >= 11 is 0. The van der Waals surface area contributed by atoms with E-state index in [9.17, 15) is 30.3 Å². The molecule has 0 bridgehead atoms. The van der Waals surface area contributed by atoms with Gasteiger partial charge in [0.2, 0.25) is 5.91 Å². The van der Waals surface area contributed by atoms with Crippen molar-refractivity contribution in [2.24, 2.45) is 21.7 Å². The molecule has 6 N–H and O–H groups in total. The maximum Gasteiger partial charge on any atom is 0.220 e. The molecule has 0 heterocycles. The van der Waals surface area contributed by atoms with Crippen LogP contribution in [-0.4, -0.2) is 80.7 Å². The number of aliphatic hydroxyl groups is 5. The van der Waals surface area contributed by atoms with E-state index in [2.05, 4.69) is 26.1 Å². The molecule has 8 heteroatoms. The first kappa shape index (κ1) is 33.3. The largest absolute Gasteiger partial charge is 0.390 e. The second kappa shape index (κ2) is 12.4. The van der Waals surface area contributed by atoms with Gasteiger partial charge in [-0.05, 0) is 47.3 Å². The van der Waals surface area contributed by atoms with Crippen LogP contribution < -0.4 is 5.32 Å². The van der Waals surface area contributed by atoms with Gasteiger partial charge in [0.1, 0.15) is 18.3 Å². The highest BCUT2D eigenvalue weighted by atomic mass is 16.5. The smallest absolute Gasteiger partial charge is 0.220 e. The van der Waals surface area contributed by atoms with E-state index in [-0.39, 0.29) is 29.8 Å². The van der Waals surface area contributed by atoms with Gasteiger partial charge in [0, 0.05) is 6.42 Å². The number of aliphatic hydroxyl groups excluding tert-OH is 5. The van der Waals surface area contributed by atoms with Gasteiger partial charge < -0.3 is 35.6 Å². The molecule has 8 nitrogen and oxygen atoms in total. The summed E-state index contributed by atoms with van der Waals surface area (Å²) in [6, 6.07) is -0.926. The lowest BCUT2D eigenvalue weighted by Gasteiger charge is -2.38. The Morgan fingerprint density at radius 1 is 1.00 bits per heavy atom. The molecule has 1 aliphatic rings. The van der Waals surface area contributed by atoms with Crippen molar-refractivity contribution in [3.8, 4) is 0 Å². The lowest BCUT2D eigenvalue weighted by Crippen LogP contribution is -2.56. The minimum atomic E-state index is -1.36. The molecule has 0 aromatic rings. The van der Waals surface area contributed by atoms with Gasteiger partial charge in [-0.3, -0.25) is 4.79 Å². The summed E-state index contributed by atoms with van der Waals surface area (Å²) in [6.07, 6.45) is -4.64. The lowest BCUT2D eigenvalue weighted by molar-refractivity contribution is -0.138. The van der Waals surface area contributed by atoms with Crippen LogP contribution in [0.4, 0.5) is 0 Å². The standard InChI is InChI=1S/C28H55NO7/c1-11-28(9,10)24(35)21(32)17(29-20(31)14-27(7,8)16-25(2,3)4)15-36-19-13-26(5,6)12-18(30)22(33)23(19)34/h17-19,21-24,30,32-35H,11-16H2,1-10H3,(H,29,31). The van der Waals surface area contributed by atoms with Crippen molar-refractivity contribution in [2.75, 3.05) is 6.61 Å². The number of hydrogen-bond donors (Lipinski definition) is 6. The molecule has 1 fully saturated rings. The van der Waals surface area contributed by atoms with Gasteiger partial charge in [0.15, 0.2) is 0 Å². The van der Waals surface area contributed by atoms with E-state index in [1.54, 1.807) is 0 Å². The summed E-state index contributed by atoms with van der Waals surface area (Å²) in [4.78, 5) is 13.1. The van der Waals surface area contributed by atoms with Crippen molar-refractivity contribution in [1.82, 2.24) is 5.32 Å². The fourth-order valence-electron chi connectivity index (χ4n) is 5.58. The van der Waals surface area contributed by atoms with E-state index >= 15 is 0 Å². The highest BCUT2D eigenvalue weighted by Crippen LogP contribution is 2.37. The molecule has 1 aliphatic carbocycles. The normalized spacial score (nSPS) is 28.2. The summed E-state index contributed by atoms with van der Waals surface area (Å²) in [5, 5.41) is 56.2. The average Bonchev–Trinajstić information content (AvgIpc) is 2.77. The maximum atomic E-state index is 13.1. The van der Waals surface area contributed by atoms with Crippen LogP contribution in [0.25, 0.3) is 0 Å². The Morgan fingerprint density at radius 3 is 2.06 bits per heavy atom. The number of rotatable bonds is 11. The summed E-state index contributed by atoms with van der Waals surface area (Å²) < 4.78 is 6.01. The molecule has 0 spiro atoms. The van der Waals surface area contributed by atoms with Crippen molar-refractivity contribution in [3.63, 3.8) is 0 Å². The Bertz CT molecular complexity index is 701. The zero-order chi connectivity index (χ0) is 28.3. The third-order valence-corrected chi connectivity index (χ3v) is 7.57. The molecule has 0 aromatic heterocycles. The second-order valence-corrected chi connectivity index (χ2v) is 14.5. The third-order valence-electron chi connectivity index (χ3n) is 7.57. The zero-order valence-electron chi connectivity index (χ0n) is 24.3. The first-order valence-electron chi connectivity index (χ1n) is 13.4.